The highest BCUT2D eigenvalue weighted by atomic mass is 35.5. The monoisotopic (exact) mass is 356 g/mol. The number of hydrogen-bond acceptors (Lipinski definition) is 5. The number of benzene rings is 2. The van der Waals surface area contributed by atoms with Crippen molar-refractivity contribution in [2.24, 2.45) is 0 Å². The van der Waals surface area contributed by atoms with Gasteiger partial charge >= 0.3 is 0 Å². The fourth-order valence-corrected chi connectivity index (χ4v) is 2.08. The summed E-state index contributed by atoms with van der Waals surface area (Å²) in [7, 11) is 0. The highest BCUT2D eigenvalue weighted by Crippen LogP contribution is 2.26. The lowest BCUT2D eigenvalue weighted by molar-refractivity contribution is -0.384. The number of halogens is 1. The van der Waals surface area contributed by atoms with E-state index >= 15 is 0 Å². The average molecular weight is 357 g/mol. The Balaban J connectivity index is 2.07. The third kappa shape index (κ3) is 5.06. The number of nitro groups is 1. The average Bonchev–Trinajstić information content (AvgIpc) is 2.62. The highest BCUT2D eigenvalue weighted by molar-refractivity contribution is 6.33. The zero-order chi connectivity index (χ0) is 18.2. The summed E-state index contributed by atoms with van der Waals surface area (Å²) in [6, 6.07) is 14.8. The van der Waals surface area contributed by atoms with E-state index in [-0.39, 0.29) is 28.5 Å². The Morgan fingerprint density at radius 1 is 1.28 bits per heavy atom. The molecule has 8 heteroatoms. The minimum atomic E-state index is -0.569. The van der Waals surface area contributed by atoms with Crippen LogP contribution in [0.3, 0.4) is 0 Å². The number of nitrogens with zero attached hydrogens (tertiary/aromatic N) is 2. The minimum absolute atomic E-state index is 0.160. The molecular weight excluding hydrogens is 344 g/mol. The Morgan fingerprint density at radius 2 is 2.00 bits per heavy atom. The predicted molar refractivity (Wildman–Crippen MR) is 93.7 cm³/mol. The van der Waals surface area contributed by atoms with Crippen molar-refractivity contribution in [1.29, 1.82) is 5.26 Å². The molecule has 0 radical (unpaired) electrons. The van der Waals surface area contributed by atoms with Gasteiger partial charge in [-0.2, -0.15) is 5.26 Å². The van der Waals surface area contributed by atoms with Crippen LogP contribution < -0.4 is 10.6 Å². The molecule has 0 fully saturated rings. The molecule has 0 aliphatic heterocycles. The van der Waals surface area contributed by atoms with E-state index < -0.39 is 10.8 Å². The number of hydrogen-bond donors (Lipinski definition) is 2. The van der Waals surface area contributed by atoms with Crippen LogP contribution in [0.5, 0.6) is 0 Å². The third-order valence-electron chi connectivity index (χ3n) is 3.19. The fourth-order valence-electron chi connectivity index (χ4n) is 1.91. The largest absolute Gasteiger partial charge is 0.359 e. The van der Waals surface area contributed by atoms with Crippen molar-refractivity contribution in [3.8, 4) is 6.07 Å². The molecule has 2 N–H and O–H groups in total. The molecule has 0 saturated carbocycles. The van der Waals surface area contributed by atoms with Gasteiger partial charge in [0.25, 0.3) is 11.6 Å². The number of amides is 1. The first-order chi connectivity index (χ1) is 12.0. The van der Waals surface area contributed by atoms with Crippen molar-refractivity contribution >= 4 is 28.9 Å². The molecule has 0 aliphatic carbocycles. The van der Waals surface area contributed by atoms with Crippen molar-refractivity contribution < 1.29 is 9.72 Å². The van der Waals surface area contributed by atoms with E-state index in [9.17, 15) is 14.9 Å². The van der Waals surface area contributed by atoms with Crippen molar-refractivity contribution in [3.63, 3.8) is 0 Å². The van der Waals surface area contributed by atoms with Crippen molar-refractivity contribution in [2.45, 2.75) is 6.54 Å². The smallest absolute Gasteiger partial charge is 0.271 e. The number of nitro benzene ring substituents is 1. The number of nitriles is 1. The standard InChI is InChI=1S/C17H13ClN4O3/c18-15-7-6-14(22(24)25)8-16(15)20-11-13(9-19)17(23)21-10-12-4-2-1-3-5-12/h1-8,11,20H,10H2,(H,21,23)/b13-11-. The molecule has 25 heavy (non-hydrogen) atoms. The maximum Gasteiger partial charge on any atom is 0.271 e. The van der Waals surface area contributed by atoms with Gasteiger partial charge in [-0.3, -0.25) is 14.9 Å². The molecular formula is C17H13ClN4O3. The maximum atomic E-state index is 12.0. The van der Waals surface area contributed by atoms with Crippen molar-refractivity contribution in [2.75, 3.05) is 5.32 Å². The molecule has 1 amide bonds. The quantitative estimate of drug-likeness (QED) is 0.357. The van der Waals surface area contributed by atoms with Gasteiger partial charge in [0.05, 0.1) is 15.6 Å². The number of carbonyl (C=O) groups is 1. The molecule has 126 valence electrons. The molecule has 2 aromatic carbocycles. The number of anilines is 1. The van der Waals surface area contributed by atoms with Crippen LogP contribution in [0, 0.1) is 21.4 Å². The summed E-state index contributed by atoms with van der Waals surface area (Å²) in [5.41, 5.74) is 0.771. The topological polar surface area (TPSA) is 108 Å². The summed E-state index contributed by atoms with van der Waals surface area (Å²) in [6.45, 7) is 0.274. The van der Waals surface area contributed by atoms with Gasteiger partial charge < -0.3 is 10.6 Å². The molecule has 0 unspecified atom stereocenters. The summed E-state index contributed by atoms with van der Waals surface area (Å²) in [5.74, 6) is -0.569. The van der Waals surface area contributed by atoms with Gasteiger partial charge in [0, 0.05) is 24.9 Å². The second kappa shape index (κ2) is 8.47. The Kier molecular flexibility index (Phi) is 6.09. The van der Waals surface area contributed by atoms with E-state index in [4.69, 9.17) is 16.9 Å². The minimum Gasteiger partial charge on any atom is -0.359 e. The lowest BCUT2D eigenvalue weighted by Gasteiger charge is -2.06. The van der Waals surface area contributed by atoms with E-state index in [2.05, 4.69) is 10.6 Å². The molecule has 0 spiro atoms. The van der Waals surface area contributed by atoms with E-state index in [1.54, 1.807) is 6.07 Å². The molecule has 0 bridgehead atoms. The Labute approximate surface area is 148 Å². The van der Waals surface area contributed by atoms with E-state index in [0.717, 1.165) is 11.8 Å². The summed E-state index contributed by atoms with van der Waals surface area (Å²) in [6.07, 6.45) is 1.16. The molecule has 0 aliphatic rings. The van der Waals surface area contributed by atoms with Crippen LogP contribution in [-0.2, 0) is 11.3 Å². The van der Waals surface area contributed by atoms with Gasteiger partial charge in [-0.05, 0) is 11.6 Å². The lowest BCUT2D eigenvalue weighted by Crippen LogP contribution is -2.24. The first-order valence-electron chi connectivity index (χ1n) is 7.14. The Morgan fingerprint density at radius 3 is 2.64 bits per heavy atom. The fraction of sp³-hybridized carbons (Fsp3) is 0.0588. The van der Waals surface area contributed by atoms with E-state index in [0.29, 0.717) is 0 Å². The van der Waals surface area contributed by atoms with Gasteiger partial charge in [-0.15, -0.1) is 0 Å². The molecule has 2 rings (SSSR count). The molecule has 0 atom stereocenters. The van der Waals surface area contributed by atoms with Gasteiger partial charge in [0.15, 0.2) is 0 Å². The molecule has 2 aromatic rings. The van der Waals surface area contributed by atoms with Crippen LogP contribution in [0.2, 0.25) is 5.02 Å². The first-order valence-corrected chi connectivity index (χ1v) is 7.52. The zero-order valence-corrected chi connectivity index (χ0v) is 13.7. The second-order valence-corrected chi connectivity index (χ2v) is 5.31. The van der Waals surface area contributed by atoms with Crippen LogP contribution in [0.1, 0.15) is 5.56 Å². The van der Waals surface area contributed by atoms with Crippen molar-refractivity contribution in [3.05, 3.63) is 81.0 Å². The summed E-state index contributed by atoms with van der Waals surface area (Å²) in [5, 5.41) is 25.4. The van der Waals surface area contributed by atoms with Crippen LogP contribution >= 0.6 is 11.6 Å². The van der Waals surface area contributed by atoms with Gasteiger partial charge in [-0.1, -0.05) is 41.9 Å². The lowest BCUT2D eigenvalue weighted by atomic mass is 10.2. The number of carbonyl (C=O) groups excluding carboxylic acids is 1. The maximum absolute atomic E-state index is 12.0. The van der Waals surface area contributed by atoms with Crippen LogP contribution in [0.15, 0.2) is 60.3 Å². The van der Waals surface area contributed by atoms with Gasteiger partial charge in [-0.25, -0.2) is 0 Å². The number of nitrogens with one attached hydrogen (secondary N) is 2. The Hall–Kier alpha value is -3.37. The Bertz CT molecular complexity index is 860. The molecule has 0 saturated heterocycles. The number of rotatable bonds is 6. The third-order valence-corrected chi connectivity index (χ3v) is 3.52. The SMILES string of the molecule is N#C/C(=C/Nc1cc([N+](=O)[O-])ccc1Cl)C(=O)NCc1ccccc1. The van der Waals surface area contributed by atoms with Crippen LogP contribution in [-0.4, -0.2) is 10.8 Å². The van der Waals surface area contributed by atoms with Crippen LogP contribution in [0.4, 0.5) is 11.4 Å². The molecule has 7 nitrogen and oxygen atoms in total. The predicted octanol–water partition coefficient (Wildman–Crippen LogP) is 3.38. The summed E-state index contributed by atoms with van der Waals surface area (Å²) >= 11 is 5.95. The van der Waals surface area contributed by atoms with E-state index in [1.165, 1.54) is 18.2 Å². The zero-order valence-electron chi connectivity index (χ0n) is 12.9. The second-order valence-electron chi connectivity index (χ2n) is 4.90. The summed E-state index contributed by atoms with van der Waals surface area (Å²) in [4.78, 5) is 22.3. The van der Waals surface area contributed by atoms with Gasteiger partial charge in [0.2, 0.25) is 0 Å². The molecule has 0 aromatic heterocycles. The van der Waals surface area contributed by atoms with Crippen LogP contribution in [0.25, 0.3) is 0 Å². The summed E-state index contributed by atoms with van der Waals surface area (Å²) < 4.78 is 0. The highest BCUT2D eigenvalue weighted by Gasteiger charge is 2.11. The van der Waals surface area contributed by atoms with E-state index in [1.807, 2.05) is 30.3 Å². The number of non-ortho nitro benzene ring substituents is 1. The molecule has 0 heterocycles. The van der Waals surface area contributed by atoms with Gasteiger partial charge in [0.1, 0.15) is 11.6 Å². The first kappa shape index (κ1) is 18.0. The van der Waals surface area contributed by atoms with Crippen molar-refractivity contribution in [1.82, 2.24) is 5.32 Å². The normalized spacial score (nSPS) is 10.6.